The van der Waals surface area contributed by atoms with Crippen LogP contribution in [0.2, 0.25) is 0 Å². The second kappa shape index (κ2) is 54.0. The number of rotatable bonds is 45. The molecule has 3 aromatic rings. The summed E-state index contributed by atoms with van der Waals surface area (Å²) in [4.78, 5) is 93.9. The summed E-state index contributed by atoms with van der Waals surface area (Å²) >= 11 is 0. The molecule has 15 atom stereocenters. The average Bonchev–Trinajstić information content (AvgIpc) is 1.59. The first-order valence-electron chi connectivity index (χ1n) is 42.6. The van der Waals surface area contributed by atoms with Crippen LogP contribution in [0.4, 0.5) is 5.82 Å². The molecule has 0 radical (unpaired) electrons. The van der Waals surface area contributed by atoms with E-state index in [1.807, 2.05) is 69.0 Å². The maximum Gasteiger partial charge on any atom is 0.329 e. The third-order valence-corrected chi connectivity index (χ3v) is 22.6. The summed E-state index contributed by atoms with van der Waals surface area (Å²) in [5, 5.41) is 37.6. The number of esters is 1. The highest BCUT2D eigenvalue weighted by Gasteiger charge is 2.53. The van der Waals surface area contributed by atoms with Crippen LogP contribution < -0.4 is 5.73 Å². The molecule has 0 spiro atoms. The van der Waals surface area contributed by atoms with Gasteiger partial charge in [0.15, 0.2) is 11.4 Å². The number of carbonyl (C=O) groups excluding carboxylic acids is 6. The predicted molar refractivity (Wildman–Crippen MR) is 436 cm³/mol. The van der Waals surface area contributed by atoms with Crippen molar-refractivity contribution in [1.82, 2.24) is 39.6 Å². The smallest absolute Gasteiger partial charge is 0.329 e. The van der Waals surface area contributed by atoms with Crippen molar-refractivity contribution in [3.8, 4) is 0 Å². The van der Waals surface area contributed by atoms with Crippen LogP contribution in [-0.2, 0) is 115 Å². The second-order valence-electron chi connectivity index (χ2n) is 31.7. The number of aliphatic hydroxyl groups is 2. The zero-order valence-electron chi connectivity index (χ0n) is 71.3. The van der Waals surface area contributed by atoms with Gasteiger partial charge in [0.05, 0.1) is 154 Å². The molecule has 1 aliphatic carbocycles. The van der Waals surface area contributed by atoms with Gasteiger partial charge in [0.25, 0.3) is 11.7 Å². The van der Waals surface area contributed by atoms with Gasteiger partial charge < -0.3 is 87.2 Å². The minimum atomic E-state index is -2.46. The lowest BCUT2D eigenvalue weighted by molar-refractivity contribution is -0.265. The van der Waals surface area contributed by atoms with Gasteiger partial charge in [-0.25, -0.2) is 24.1 Å². The molecule has 4 N–H and O–H groups in total. The molecule has 658 valence electrons. The fourth-order valence-electron chi connectivity index (χ4n) is 15.4. The van der Waals surface area contributed by atoms with Gasteiger partial charge in [-0.15, -0.1) is 5.10 Å². The molecule has 31 heteroatoms. The number of hydrogen-bond donors (Lipinski definition) is 3. The van der Waals surface area contributed by atoms with Crippen molar-refractivity contribution < 1.29 is 105 Å². The number of nitrogens with zero attached hydrogens (tertiary/aromatic N) is 8. The number of nitrogens with two attached hydrogens (primary N) is 1. The van der Waals surface area contributed by atoms with E-state index in [2.05, 4.69) is 25.4 Å². The second-order valence-corrected chi connectivity index (χ2v) is 31.7. The Morgan fingerprint density at radius 3 is 2.01 bits per heavy atom. The number of unbranched alkanes of at least 4 members (excludes halogenated alkanes) is 3. The number of aryl methyl sites for hydroxylation is 2. The molecule has 2 bridgehead atoms. The summed E-state index contributed by atoms with van der Waals surface area (Å²) in [5.41, 5.74) is 8.74. The molecule has 6 heterocycles. The van der Waals surface area contributed by atoms with Crippen molar-refractivity contribution in [3.05, 3.63) is 72.0 Å². The van der Waals surface area contributed by atoms with Crippen LogP contribution >= 0.6 is 0 Å². The van der Waals surface area contributed by atoms with Gasteiger partial charge in [0.2, 0.25) is 5.79 Å². The summed E-state index contributed by atoms with van der Waals surface area (Å²) in [6.07, 6.45) is 22.9. The summed E-state index contributed by atoms with van der Waals surface area (Å²) in [6, 6.07) is -1.17. The SMILES string of the molecule is CO[C@H]1C[C@@H]2CC[C@@H](C)[C@@](O)(O2)C(=O)C(=O)N2CCCC[C@H]2C(=O)O[C@H]([C@H](C)C[C@@H]2CC[C@@H](OCCCCc3cn(CCOCCOCCOCCOCCOCCOCCOCCOCCC(=O)CCCCCn4ncc5c(N)ncnc54)nn3)[C@H](OC)C2)CC(=O)[C@H](C)/C=C(\C)[C@@H](O)[C@@H](OC)C(=O)[C@H](C)C[C@H](C)/C=C/C=C/C=C/1C. The number of fused-ring (bicyclic) bond motifs is 4. The Hall–Kier alpha value is -6.53. The molecule has 0 unspecified atom stereocenters. The Morgan fingerprint density at radius 1 is 0.684 bits per heavy atom. The molecular formula is C86H137N9O22. The summed E-state index contributed by atoms with van der Waals surface area (Å²) < 4.78 is 85.3. The highest BCUT2D eigenvalue weighted by atomic mass is 16.6. The minimum Gasteiger partial charge on any atom is -0.460 e. The quantitative estimate of drug-likeness (QED) is 0.0206. The van der Waals surface area contributed by atoms with Gasteiger partial charge in [-0.1, -0.05) is 82.7 Å². The standard InChI is InChI=1S/C86H137N9O22/c1-60-21-13-11-14-22-61(2)75(104-8)55-70-28-26-66(7)86(103,117-70)81(100)84(101)94-31-19-16-25-72(94)85(102)116-76(56-73(97)62(3)52-65(6)79(99)80(106-10)78(98)64(5)51-60)63(4)53-67-27-29-74(77(54-67)105-9)115-34-20-17-23-68-58-93(92-91-68)33-36-108-38-40-110-42-44-112-46-48-114-50-49-113-47-45-111-43-41-109-39-37-107-35-30-69(96)24-15-12-18-32-95-83-71(57-90-95)82(87)88-59-89-83/h11,13-14,21-22,52,57-60,62-64,66-67,70,72,74-77,79-80,99,103H,12,15-20,23-51,53-56H2,1-10H3,(H2,87,88,89)/b14-11+,21-13+,61-22+,65-52+/t60-,62-,63-,64-,66-,67+,70+,72+,74-,75+,76+,77-,79-,80+,86-/m1/s1. The van der Waals surface area contributed by atoms with Crippen LogP contribution in [0.15, 0.2) is 66.3 Å². The molecule has 117 heavy (non-hydrogen) atoms. The molecule has 7 rings (SSSR count). The van der Waals surface area contributed by atoms with E-state index in [1.54, 1.807) is 51.9 Å². The average molecular weight is 1650 g/mol. The molecular weight excluding hydrogens is 1510 g/mol. The Labute approximate surface area is 691 Å². The van der Waals surface area contributed by atoms with Gasteiger partial charge in [0, 0.05) is 90.7 Å². The Balaban J connectivity index is 0.737. The van der Waals surface area contributed by atoms with Crippen LogP contribution in [0.3, 0.4) is 0 Å². The number of ketones is 4. The third kappa shape index (κ3) is 33.4. The van der Waals surface area contributed by atoms with Crippen molar-refractivity contribution >= 4 is 51.9 Å². The lowest BCUT2D eigenvalue weighted by Gasteiger charge is -2.42. The number of cyclic esters (lactones) is 1. The first-order valence-corrected chi connectivity index (χ1v) is 42.6. The number of hydrogen-bond acceptors (Lipinski definition) is 28. The fourth-order valence-corrected chi connectivity index (χ4v) is 15.4. The van der Waals surface area contributed by atoms with E-state index in [4.69, 9.17) is 72.0 Å². The topological polar surface area (TPSA) is 376 Å². The minimum absolute atomic E-state index is 0.00252. The lowest BCUT2D eigenvalue weighted by Crippen LogP contribution is -2.61. The number of carbonyl (C=O) groups is 6. The molecule has 1 saturated carbocycles. The van der Waals surface area contributed by atoms with E-state index >= 15 is 0 Å². The van der Waals surface area contributed by atoms with E-state index < -0.39 is 77.8 Å². The highest BCUT2D eigenvalue weighted by molar-refractivity contribution is 6.39. The monoisotopic (exact) mass is 1650 g/mol. The Morgan fingerprint density at radius 2 is 1.35 bits per heavy atom. The number of Topliss-reactive ketones (excluding diaryl/α,β-unsaturated/α-hetero) is 4. The largest absolute Gasteiger partial charge is 0.460 e. The van der Waals surface area contributed by atoms with Crippen molar-refractivity contribution in [2.75, 3.05) is 146 Å². The zero-order chi connectivity index (χ0) is 84.3. The van der Waals surface area contributed by atoms with Crippen LogP contribution in [0.25, 0.3) is 11.0 Å². The molecule has 1 amide bonds. The van der Waals surface area contributed by atoms with E-state index in [-0.39, 0.29) is 66.7 Å². The zero-order valence-corrected chi connectivity index (χ0v) is 71.3. The van der Waals surface area contributed by atoms with E-state index in [1.165, 1.54) is 18.3 Å². The number of nitrogen functional groups attached to an aromatic ring is 1. The van der Waals surface area contributed by atoms with Crippen molar-refractivity contribution in [2.45, 2.75) is 245 Å². The number of methoxy groups -OCH3 is 3. The first kappa shape index (κ1) is 97.6. The van der Waals surface area contributed by atoms with Crippen LogP contribution in [0, 0.1) is 35.5 Å². The third-order valence-electron chi connectivity index (χ3n) is 22.6. The number of aromatic nitrogens is 7. The van der Waals surface area contributed by atoms with Crippen molar-refractivity contribution in [2.24, 2.45) is 35.5 Å². The number of aliphatic hydroxyl groups excluding tert-OH is 1. The first-order chi connectivity index (χ1) is 56.5. The highest BCUT2D eigenvalue weighted by Crippen LogP contribution is 2.39. The fraction of sp³-hybridized carbons (Fsp3) is 0.756. The molecule has 3 aliphatic heterocycles. The molecule has 4 aliphatic rings. The van der Waals surface area contributed by atoms with E-state index in [9.17, 15) is 39.0 Å². The molecule has 31 nitrogen and oxygen atoms in total. The number of amides is 1. The van der Waals surface area contributed by atoms with Gasteiger partial charge in [-0.3, -0.25) is 24.0 Å². The molecule has 2 saturated heterocycles. The van der Waals surface area contributed by atoms with Crippen LogP contribution in [0.1, 0.15) is 176 Å². The van der Waals surface area contributed by atoms with Gasteiger partial charge >= 0.3 is 5.97 Å². The van der Waals surface area contributed by atoms with E-state index in [0.717, 1.165) is 73.7 Å². The van der Waals surface area contributed by atoms with Crippen LogP contribution in [-0.4, -0.2) is 280 Å². The number of anilines is 1. The van der Waals surface area contributed by atoms with Gasteiger partial charge in [0.1, 0.15) is 48.1 Å². The van der Waals surface area contributed by atoms with Crippen LogP contribution in [0.5, 0.6) is 0 Å². The summed E-state index contributed by atoms with van der Waals surface area (Å²) in [5.74, 6) is -7.53. The normalized spacial score (nSPS) is 27.8. The molecule has 0 aromatic carbocycles. The molecule has 3 aromatic heterocycles. The van der Waals surface area contributed by atoms with Crippen molar-refractivity contribution in [3.63, 3.8) is 0 Å². The lowest BCUT2D eigenvalue weighted by atomic mass is 9.78. The summed E-state index contributed by atoms with van der Waals surface area (Å²) in [6.45, 7) is 21.6. The maximum atomic E-state index is 14.8. The maximum absolute atomic E-state index is 14.8. The summed E-state index contributed by atoms with van der Waals surface area (Å²) in [7, 11) is 4.65. The van der Waals surface area contributed by atoms with Crippen molar-refractivity contribution in [1.29, 1.82) is 0 Å². The van der Waals surface area contributed by atoms with E-state index in [0.29, 0.717) is 201 Å². The van der Waals surface area contributed by atoms with Gasteiger partial charge in [-0.05, 0) is 139 Å². The Kier molecular flexibility index (Phi) is 45.0. The Bertz CT molecular complexity index is 3550. The van der Waals surface area contributed by atoms with Gasteiger partial charge in [-0.2, -0.15) is 5.10 Å². The number of piperidine rings is 1. The predicted octanol–water partition coefficient (Wildman–Crippen LogP) is 8.89. The molecule has 3 fully saturated rings. The number of allylic oxidation sites excluding steroid dienone is 6. The number of ether oxygens (including phenoxy) is 14.